The van der Waals surface area contributed by atoms with Crippen LogP contribution in [0.15, 0.2) is 36.9 Å². The fourth-order valence-electron chi connectivity index (χ4n) is 1.30. The summed E-state index contributed by atoms with van der Waals surface area (Å²) in [6, 6.07) is 2.39. The van der Waals surface area contributed by atoms with Crippen molar-refractivity contribution < 1.29 is 28.2 Å². The van der Waals surface area contributed by atoms with Gasteiger partial charge in [-0.25, -0.2) is 18.4 Å². The topological polar surface area (TPSA) is 89.4 Å². The van der Waals surface area contributed by atoms with E-state index in [1.165, 1.54) is 18.5 Å². The van der Waals surface area contributed by atoms with E-state index in [1.807, 2.05) is 0 Å². The molecule has 0 aliphatic rings. The lowest BCUT2D eigenvalue weighted by atomic mass is 10.2. The second-order valence-corrected chi connectivity index (χ2v) is 3.74. The van der Waals surface area contributed by atoms with E-state index in [-0.39, 0.29) is 17.7 Å². The van der Waals surface area contributed by atoms with Gasteiger partial charge in [-0.2, -0.15) is 0 Å². The number of carboxylic acids is 1. The standard InChI is InChI=1S/C8H8FNO2.C6H4FNO2/c1-2-12-8(11)6-3-4-10-5-7(6)9;7-5-3-8-2-1-4(5)6(9)10/h3-5H,2H2,1H3;1-3H,(H,9,10). The van der Waals surface area contributed by atoms with Crippen LogP contribution in [0, 0.1) is 11.6 Å². The maximum Gasteiger partial charge on any atom is 0.341 e. The normalized spacial score (nSPS) is 9.41. The maximum absolute atomic E-state index is 12.8. The number of hydrogen-bond acceptors (Lipinski definition) is 5. The number of nitrogens with zero attached hydrogens (tertiary/aromatic N) is 2. The van der Waals surface area contributed by atoms with Gasteiger partial charge >= 0.3 is 11.9 Å². The smallest absolute Gasteiger partial charge is 0.341 e. The maximum atomic E-state index is 12.8. The zero-order valence-electron chi connectivity index (χ0n) is 11.5. The number of aromatic nitrogens is 2. The Morgan fingerprint density at radius 3 is 1.95 bits per heavy atom. The molecule has 0 atom stereocenters. The minimum atomic E-state index is -1.28. The van der Waals surface area contributed by atoms with Crippen LogP contribution in [0.25, 0.3) is 0 Å². The lowest BCUT2D eigenvalue weighted by Crippen LogP contribution is -2.07. The van der Waals surface area contributed by atoms with Crippen molar-refractivity contribution in [2.24, 2.45) is 0 Å². The number of pyridine rings is 2. The molecule has 8 heteroatoms. The van der Waals surface area contributed by atoms with Crippen LogP contribution in [0.1, 0.15) is 27.6 Å². The first-order valence-electron chi connectivity index (χ1n) is 6.06. The third kappa shape index (κ3) is 4.89. The molecule has 2 aromatic heterocycles. The molecule has 0 fully saturated rings. The van der Waals surface area contributed by atoms with Crippen LogP contribution in [0.4, 0.5) is 8.78 Å². The van der Waals surface area contributed by atoms with Gasteiger partial charge in [0.1, 0.15) is 0 Å². The Hall–Kier alpha value is -2.90. The van der Waals surface area contributed by atoms with Crippen LogP contribution in [0.2, 0.25) is 0 Å². The molecule has 0 amide bonds. The van der Waals surface area contributed by atoms with Crippen molar-refractivity contribution in [3.8, 4) is 0 Å². The van der Waals surface area contributed by atoms with Gasteiger partial charge in [-0.1, -0.05) is 0 Å². The fourth-order valence-corrected chi connectivity index (χ4v) is 1.30. The van der Waals surface area contributed by atoms with Crippen molar-refractivity contribution in [3.05, 3.63) is 59.7 Å². The van der Waals surface area contributed by atoms with Gasteiger partial charge in [0.05, 0.1) is 30.1 Å². The number of halogens is 2. The first-order chi connectivity index (χ1) is 10.5. The van der Waals surface area contributed by atoms with Crippen molar-refractivity contribution in [2.45, 2.75) is 6.92 Å². The highest BCUT2D eigenvalue weighted by Gasteiger charge is 2.11. The molecule has 2 aromatic rings. The number of hydrogen-bond donors (Lipinski definition) is 1. The summed E-state index contributed by atoms with van der Waals surface area (Å²) in [6.45, 7) is 1.90. The molecule has 116 valence electrons. The average Bonchev–Trinajstić information content (AvgIpc) is 2.48. The lowest BCUT2D eigenvalue weighted by molar-refractivity contribution is 0.0520. The van der Waals surface area contributed by atoms with E-state index in [0.717, 1.165) is 18.5 Å². The number of rotatable bonds is 3. The third-order valence-electron chi connectivity index (χ3n) is 2.27. The molecular formula is C14H12F2N2O4. The van der Waals surface area contributed by atoms with Crippen molar-refractivity contribution in [3.63, 3.8) is 0 Å². The molecule has 0 aromatic carbocycles. The number of ether oxygens (including phenoxy) is 1. The quantitative estimate of drug-likeness (QED) is 0.875. The minimum Gasteiger partial charge on any atom is -0.478 e. The fraction of sp³-hybridized carbons (Fsp3) is 0.143. The molecule has 1 N–H and O–H groups in total. The average molecular weight is 310 g/mol. The molecule has 0 spiro atoms. The van der Waals surface area contributed by atoms with Crippen LogP contribution in [0.3, 0.4) is 0 Å². The van der Waals surface area contributed by atoms with E-state index >= 15 is 0 Å². The van der Waals surface area contributed by atoms with Crippen molar-refractivity contribution >= 4 is 11.9 Å². The van der Waals surface area contributed by atoms with E-state index in [4.69, 9.17) is 5.11 Å². The number of carbonyl (C=O) groups excluding carboxylic acids is 1. The highest BCUT2D eigenvalue weighted by atomic mass is 19.1. The highest BCUT2D eigenvalue weighted by Crippen LogP contribution is 2.05. The van der Waals surface area contributed by atoms with E-state index in [1.54, 1.807) is 6.92 Å². The van der Waals surface area contributed by atoms with Gasteiger partial charge in [-0.3, -0.25) is 9.97 Å². The Bertz CT molecular complexity index is 665. The van der Waals surface area contributed by atoms with Gasteiger partial charge in [0.15, 0.2) is 11.6 Å². The Morgan fingerprint density at radius 2 is 1.59 bits per heavy atom. The van der Waals surface area contributed by atoms with E-state index in [9.17, 15) is 18.4 Å². The van der Waals surface area contributed by atoms with Gasteiger partial charge in [0, 0.05) is 12.4 Å². The van der Waals surface area contributed by atoms with E-state index in [0.29, 0.717) is 0 Å². The number of esters is 1. The van der Waals surface area contributed by atoms with Crippen LogP contribution in [0.5, 0.6) is 0 Å². The van der Waals surface area contributed by atoms with Crippen LogP contribution in [-0.4, -0.2) is 33.6 Å². The molecule has 0 aliphatic heterocycles. The van der Waals surface area contributed by atoms with Gasteiger partial charge in [0.2, 0.25) is 0 Å². The van der Waals surface area contributed by atoms with E-state index < -0.39 is 23.6 Å². The largest absolute Gasteiger partial charge is 0.478 e. The first-order valence-corrected chi connectivity index (χ1v) is 6.06. The molecule has 0 aliphatic carbocycles. The molecule has 0 radical (unpaired) electrons. The van der Waals surface area contributed by atoms with Gasteiger partial charge in [-0.15, -0.1) is 0 Å². The number of carboxylic acid groups (broad SMARTS) is 1. The molecule has 22 heavy (non-hydrogen) atoms. The van der Waals surface area contributed by atoms with Gasteiger partial charge in [-0.05, 0) is 19.1 Å². The molecule has 0 saturated carbocycles. The summed E-state index contributed by atoms with van der Waals surface area (Å²) in [7, 11) is 0. The minimum absolute atomic E-state index is 0.0770. The Kier molecular flexibility index (Phi) is 6.55. The second kappa shape index (κ2) is 8.40. The van der Waals surface area contributed by atoms with Gasteiger partial charge < -0.3 is 9.84 Å². The molecule has 0 unspecified atom stereocenters. The molecule has 2 rings (SSSR count). The van der Waals surface area contributed by atoms with Crippen LogP contribution >= 0.6 is 0 Å². The molecular weight excluding hydrogens is 298 g/mol. The predicted molar refractivity (Wildman–Crippen MR) is 71.3 cm³/mol. The Balaban J connectivity index is 0.000000224. The SMILES string of the molecule is CCOC(=O)c1ccncc1F.O=C(O)c1ccncc1F. The van der Waals surface area contributed by atoms with Crippen molar-refractivity contribution in [1.82, 2.24) is 9.97 Å². The van der Waals surface area contributed by atoms with Crippen molar-refractivity contribution in [1.29, 1.82) is 0 Å². The summed E-state index contributed by atoms with van der Waals surface area (Å²) in [5.41, 5.74) is -0.429. The zero-order valence-corrected chi connectivity index (χ0v) is 11.5. The molecule has 0 saturated heterocycles. The zero-order chi connectivity index (χ0) is 16.5. The summed E-state index contributed by atoms with van der Waals surface area (Å²) in [4.78, 5) is 28.0. The molecule has 2 heterocycles. The molecule has 6 nitrogen and oxygen atoms in total. The van der Waals surface area contributed by atoms with Gasteiger partial charge in [0.25, 0.3) is 0 Å². The number of carbonyl (C=O) groups is 2. The lowest BCUT2D eigenvalue weighted by Gasteiger charge is -2.00. The van der Waals surface area contributed by atoms with Crippen LogP contribution < -0.4 is 0 Å². The number of aromatic carboxylic acids is 1. The highest BCUT2D eigenvalue weighted by molar-refractivity contribution is 5.89. The third-order valence-corrected chi connectivity index (χ3v) is 2.27. The Labute approximate surface area is 124 Å². The summed E-state index contributed by atoms with van der Waals surface area (Å²) in [5.74, 6) is -3.40. The van der Waals surface area contributed by atoms with Crippen LogP contribution in [-0.2, 0) is 4.74 Å². The summed E-state index contributed by atoms with van der Waals surface area (Å²) < 4.78 is 29.8. The molecule has 0 bridgehead atoms. The Morgan fingerprint density at radius 1 is 1.09 bits per heavy atom. The second-order valence-electron chi connectivity index (χ2n) is 3.74. The van der Waals surface area contributed by atoms with E-state index in [2.05, 4.69) is 14.7 Å². The summed E-state index contributed by atoms with van der Waals surface area (Å²) >= 11 is 0. The summed E-state index contributed by atoms with van der Waals surface area (Å²) in [5, 5.41) is 8.30. The van der Waals surface area contributed by atoms with Crippen molar-refractivity contribution in [2.75, 3.05) is 6.61 Å². The predicted octanol–water partition coefficient (Wildman–Crippen LogP) is 2.32. The first kappa shape index (κ1) is 17.2. The summed E-state index contributed by atoms with van der Waals surface area (Å²) in [6.07, 6.45) is 4.41. The monoisotopic (exact) mass is 310 g/mol.